The highest BCUT2D eigenvalue weighted by atomic mass is 16.5. The summed E-state index contributed by atoms with van der Waals surface area (Å²) in [5.41, 5.74) is 3.60. The third-order valence-electron chi connectivity index (χ3n) is 4.10. The Morgan fingerprint density at radius 2 is 1.71 bits per heavy atom. The zero-order chi connectivity index (χ0) is 16.2. The first-order valence-corrected chi connectivity index (χ1v) is 8.10. The quantitative estimate of drug-likeness (QED) is 0.502. The Hall–Kier alpha value is -3.00. The number of ether oxygens (including phenoxy) is 1. The summed E-state index contributed by atoms with van der Waals surface area (Å²) >= 11 is 0. The lowest BCUT2D eigenvalue weighted by Gasteiger charge is -2.10. The zero-order valence-corrected chi connectivity index (χ0v) is 13.4. The van der Waals surface area contributed by atoms with Gasteiger partial charge in [0, 0.05) is 23.6 Å². The molecule has 0 N–H and O–H groups in total. The molecule has 0 aliphatic carbocycles. The van der Waals surface area contributed by atoms with Crippen LogP contribution in [-0.2, 0) is 13.2 Å². The molecule has 4 rings (SSSR count). The molecule has 1 heterocycles. The smallest absolute Gasteiger partial charge is 0.120 e. The van der Waals surface area contributed by atoms with E-state index in [0.717, 1.165) is 17.7 Å². The number of rotatable bonds is 5. The lowest BCUT2D eigenvalue weighted by molar-refractivity contribution is 0.306. The second-order valence-corrected chi connectivity index (χ2v) is 5.83. The minimum atomic E-state index is 0.589. The minimum Gasteiger partial charge on any atom is -0.489 e. The van der Waals surface area contributed by atoms with Crippen LogP contribution in [0.4, 0.5) is 0 Å². The first-order chi connectivity index (χ1) is 11.9. The first kappa shape index (κ1) is 14.6. The summed E-state index contributed by atoms with van der Waals surface area (Å²) < 4.78 is 8.16. The van der Waals surface area contributed by atoms with Gasteiger partial charge in [0.05, 0.1) is 0 Å². The summed E-state index contributed by atoms with van der Waals surface area (Å²) in [5.74, 6) is 0.902. The van der Waals surface area contributed by atoms with Crippen molar-refractivity contribution in [3.8, 4) is 5.75 Å². The molecule has 0 atom stereocenters. The van der Waals surface area contributed by atoms with Crippen molar-refractivity contribution >= 4 is 10.9 Å². The van der Waals surface area contributed by atoms with Crippen molar-refractivity contribution in [3.63, 3.8) is 0 Å². The molecule has 0 aliphatic rings. The van der Waals surface area contributed by atoms with E-state index >= 15 is 0 Å². The lowest BCUT2D eigenvalue weighted by Crippen LogP contribution is -1.99. The van der Waals surface area contributed by atoms with Crippen molar-refractivity contribution in [2.45, 2.75) is 13.2 Å². The van der Waals surface area contributed by atoms with Crippen molar-refractivity contribution in [1.82, 2.24) is 4.57 Å². The lowest BCUT2D eigenvalue weighted by atomic mass is 10.2. The monoisotopic (exact) mass is 312 g/mol. The van der Waals surface area contributed by atoms with Gasteiger partial charge in [0.1, 0.15) is 12.4 Å². The Kier molecular flexibility index (Phi) is 4.03. The van der Waals surface area contributed by atoms with E-state index < -0.39 is 0 Å². The van der Waals surface area contributed by atoms with Crippen LogP contribution in [0.3, 0.4) is 0 Å². The van der Waals surface area contributed by atoms with Crippen molar-refractivity contribution in [3.05, 3.63) is 102 Å². The number of nitrogens with zero attached hydrogens (tertiary/aromatic N) is 1. The fraction of sp³-hybridized carbons (Fsp3) is 0.0909. The van der Waals surface area contributed by atoms with Gasteiger partial charge >= 0.3 is 0 Å². The molecule has 3 aromatic carbocycles. The molecule has 2 heteroatoms. The number of benzene rings is 3. The Morgan fingerprint density at radius 1 is 0.833 bits per heavy atom. The fourth-order valence-electron chi connectivity index (χ4n) is 2.88. The topological polar surface area (TPSA) is 14.2 Å². The fourth-order valence-corrected chi connectivity index (χ4v) is 2.88. The molecule has 0 bridgehead atoms. The van der Waals surface area contributed by atoms with Crippen molar-refractivity contribution < 1.29 is 4.74 Å². The molecule has 0 aliphatic heterocycles. The van der Waals surface area contributed by atoms with Crippen LogP contribution in [0.5, 0.6) is 5.75 Å². The SMILES string of the molecule is [c]1cccc2c1ccn2Cc1cccc(OCc2ccccc2)c1. The second kappa shape index (κ2) is 6.63. The first-order valence-electron chi connectivity index (χ1n) is 8.10. The molecule has 0 fully saturated rings. The molecular formula is C22H18NO. The molecule has 0 amide bonds. The third kappa shape index (κ3) is 3.18. The molecule has 0 saturated carbocycles. The normalized spacial score (nSPS) is 10.8. The van der Waals surface area contributed by atoms with Crippen LogP contribution >= 0.6 is 0 Å². The van der Waals surface area contributed by atoms with Crippen LogP contribution in [0.2, 0.25) is 0 Å². The Morgan fingerprint density at radius 3 is 2.62 bits per heavy atom. The van der Waals surface area contributed by atoms with Gasteiger partial charge in [-0.25, -0.2) is 0 Å². The predicted molar refractivity (Wildman–Crippen MR) is 97.1 cm³/mol. The summed E-state index contributed by atoms with van der Waals surface area (Å²) in [7, 11) is 0. The summed E-state index contributed by atoms with van der Waals surface area (Å²) in [5, 5.41) is 1.15. The second-order valence-electron chi connectivity index (χ2n) is 5.83. The van der Waals surface area contributed by atoms with Crippen LogP contribution in [0.15, 0.2) is 85.1 Å². The summed E-state index contributed by atoms with van der Waals surface area (Å²) in [4.78, 5) is 0. The Labute approximate surface area is 141 Å². The molecule has 1 radical (unpaired) electrons. The molecule has 24 heavy (non-hydrogen) atoms. The molecule has 117 valence electrons. The van der Waals surface area contributed by atoms with Gasteiger partial charge in [-0.05, 0) is 41.5 Å². The highest BCUT2D eigenvalue weighted by Gasteiger charge is 2.03. The van der Waals surface area contributed by atoms with E-state index in [1.54, 1.807) is 0 Å². The Balaban J connectivity index is 1.50. The molecule has 4 aromatic rings. The average Bonchev–Trinajstić information content (AvgIpc) is 3.04. The van der Waals surface area contributed by atoms with E-state index in [-0.39, 0.29) is 0 Å². The molecule has 0 spiro atoms. The van der Waals surface area contributed by atoms with E-state index in [1.807, 2.05) is 42.5 Å². The number of hydrogen-bond donors (Lipinski definition) is 0. The highest BCUT2D eigenvalue weighted by Crippen LogP contribution is 2.19. The molecule has 1 aromatic heterocycles. The molecular weight excluding hydrogens is 294 g/mol. The van der Waals surface area contributed by atoms with E-state index in [2.05, 4.69) is 53.2 Å². The molecule has 2 nitrogen and oxygen atoms in total. The predicted octanol–water partition coefficient (Wildman–Crippen LogP) is 5.07. The summed E-state index contributed by atoms with van der Waals surface area (Å²) in [6, 6.07) is 30.0. The number of fused-ring (bicyclic) bond motifs is 1. The standard InChI is InChI=1S/C22H18NO/c1-2-7-18(8-3-1)17-24-21-11-6-9-19(15-21)16-23-14-13-20-10-4-5-12-22(20)23/h1-9,11-15H,16-17H2. The molecule has 0 saturated heterocycles. The largest absolute Gasteiger partial charge is 0.489 e. The van der Waals surface area contributed by atoms with Crippen molar-refractivity contribution in [1.29, 1.82) is 0 Å². The average molecular weight is 312 g/mol. The Bertz CT molecular complexity index is 940. The van der Waals surface area contributed by atoms with Crippen LogP contribution in [0.1, 0.15) is 11.1 Å². The van der Waals surface area contributed by atoms with Gasteiger partial charge in [-0.1, -0.05) is 54.6 Å². The van der Waals surface area contributed by atoms with E-state index in [0.29, 0.717) is 6.61 Å². The number of aromatic nitrogens is 1. The van der Waals surface area contributed by atoms with E-state index in [9.17, 15) is 0 Å². The maximum Gasteiger partial charge on any atom is 0.120 e. The zero-order valence-electron chi connectivity index (χ0n) is 13.4. The molecule has 0 unspecified atom stereocenters. The van der Waals surface area contributed by atoms with Gasteiger partial charge in [-0.15, -0.1) is 0 Å². The maximum absolute atomic E-state index is 5.92. The van der Waals surface area contributed by atoms with Gasteiger partial charge in [-0.2, -0.15) is 0 Å². The van der Waals surface area contributed by atoms with E-state index in [1.165, 1.54) is 16.6 Å². The van der Waals surface area contributed by atoms with Gasteiger partial charge in [-0.3, -0.25) is 0 Å². The summed E-state index contributed by atoms with van der Waals surface area (Å²) in [6.07, 6.45) is 2.11. The van der Waals surface area contributed by atoms with Crippen molar-refractivity contribution in [2.24, 2.45) is 0 Å². The summed E-state index contributed by atoms with van der Waals surface area (Å²) in [6.45, 7) is 1.41. The maximum atomic E-state index is 5.92. The highest BCUT2D eigenvalue weighted by molar-refractivity contribution is 5.79. The van der Waals surface area contributed by atoms with Crippen LogP contribution in [-0.4, -0.2) is 4.57 Å². The third-order valence-corrected chi connectivity index (χ3v) is 4.10. The van der Waals surface area contributed by atoms with Gasteiger partial charge in [0.15, 0.2) is 0 Å². The van der Waals surface area contributed by atoms with Gasteiger partial charge in [0.2, 0.25) is 0 Å². The van der Waals surface area contributed by atoms with Crippen LogP contribution in [0.25, 0.3) is 10.9 Å². The van der Waals surface area contributed by atoms with E-state index in [4.69, 9.17) is 4.74 Å². The number of hydrogen-bond acceptors (Lipinski definition) is 1. The van der Waals surface area contributed by atoms with Gasteiger partial charge in [0.25, 0.3) is 0 Å². The van der Waals surface area contributed by atoms with Gasteiger partial charge < -0.3 is 9.30 Å². The van der Waals surface area contributed by atoms with Crippen LogP contribution < -0.4 is 4.74 Å². The minimum absolute atomic E-state index is 0.589. The van der Waals surface area contributed by atoms with Crippen LogP contribution in [0, 0.1) is 6.07 Å². The van der Waals surface area contributed by atoms with Crippen molar-refractivity contribution in [2.75, 3.05) is 0 Å².